The monoisotopic (exact) mass is 276 g/mol. The van der Waals surface area contributed by atoms with E-state index in [4.69, 9.17) is 10.5 Å². The Labute approximate surface area is 118 Å². The van der Waals surface area contributed by atoms with Crippen molar-refractivity contribution in [2.75, 3.05) is 37.8 Å². The van der Waals surface area contributed by atoms with E-state index in [0.29, 0.717) is 29.0 Å². The van der Waals surface area contributed by atoms with E-state index >= 15 is 0 Å². The second kappa shape index (κ2) is 5.28. The Morgan fingerprint density at radius 2 is 2.25 bits per heavy atom. The molecule has 0 radical (unpaired) electrons. The summed E-state index contributed by atoms with van der Waals surface area (Å²) in [4.78, 5) is 18.4. The maximum absolute atomic E-state index is 11.6. The van der Waals surface area contributed by atoms with Crippen LogP contribution in [0.25, 0.3) is 0 Å². The van der Waals surface area contributed by atoms with E-state index in [-0.39, 0.29) is 0 Å². The molecule has 0 aromatic carbocycles. The van der Waals surface area contributed by atoms with Crippen molar-refractivity contribution >= 4 is 17.5 Å². The molecule has 3 saturated heterocycles. The smallest absolute Gasteiger partial charge is 0.340 e. The van der Waals surface area contributed by atoms with Crippen LogP contribution in [0.2, 0.25) is 0 Å². The number of hydrogen-bond acceptors (Lipinski definition) is 6. The van der Waals surface area contributed by atoms with Gasteiger partial charge >= 0.3 is 5.97 Å². The maximum Gasteiger partial charge on any atom is 0.340 e. The van der Waals surface area contributed by atoms with Crippen LogP contribution in [-0.2, 0) is 4.74 Å². The fourth-order valence-electron chi connectivity index (χ4n) is 3.15. The van der Waals surface area contributed by atoms with Crippen LogP contribution in [0.5, 0.6) is 0 Å². The molecule has 20 heavy (non-hydrogen) atoms. The highest BCUT2D eigenvalue weighted by Crippen LogP contribution is 2.29. The molecule has 108 valence electrons. The molecule has 0 spiro atoms. The van der Waals surface area contributed by atoms with Gasteiger partial charge in [-0.1, -0.05) is 0 Å². The zero-order valence-corrected chi connectivity index (χ0v) is 11.6. The molecule has 6 heteroatoms. The molecular formula is C14H20N4O2. The normalized spacial score (nSPS) is 28.1. The lowest BCUT2D eigenvalue weighted by molar-refractivity contribution is 0.0602. The summed E-state index contributed by atoms with van der Waals surface area (Å²) in [5, 5.41) is 3.44. The zero-order valence-electron chi connectivity index (χ0n) is 11.6. The van der Waals surface area contributed by atoms with Gasteiger partial charge in [0.05, 0.1) is 24.6 Å². The minimum Gasteiger partial charge on any atom is -0.465 e. The third kappa shape index (κ3) is 2.43. The Bertz CT molecular complexity index is 512. The largest absolute Gasteiger partial charge is 0.465 e. The van der Waals surface area contributed by atoms with Crippen LogP contribution < -0.4 is 11.1 Å². The van der Waals surface area contributed by atoms with Crippen molar-refractivity contribution < 1.29 is 9.53 Å². The molecule has 4 rings (SSSR count). The highest BCUT2D eigenvalue weighted by atomic mass is 16.5. The topological polar surface area (TPSA) is 80.5 Å². The van der Waals surface area contributed by atoms with Gasteiger partial charge in [-0.25, -0.2) is 9.78 Å². The molecule has 2 bridgehead atoms. The van der Waals surface area contributed by atoms with Crippen molar-refractivity contribution in [3.8, 4) is 0 Å². The van der Waals surface area contributed by atoms with Crippen molar-refractivity contribution in [1.82, 2.24) is 9.88 Å². The van der Waals surface area contributed by atoms with E-state index in [2.05, 4.69) is 15.2 Å². The van der Waals surface area contributed by atoms with Gasteiger partial charge in [0.2, 0.25) is 0 Å². The van der Waals surface area contributed by atoms with Gasteiger partial charge in [0.15, 0.2) is 0 Å². The van der Waals surface area contributed by atoms with Crippen LogP contribution >= 0.6 is 0 Å². The van der Waals surface area contributed by atoms with Crippen LogP contribution in [-0.4, -0.2) is 48.6 Å². The van der Waals surface area contributed by atoms with Gasteiger partial charge in [-0.15, -0.1) is 0 Å². The molecule has 0 amide bonds. The predicted molar refractivity (Wildman–Crippen MR) is 76.6 cm³/mol. The predicted octanol–water partition coefficient (Wildman–Crippen LogP) is 0.956. The molecule has 0 aliphatic carbocycles. The number of carbonyl (C=O) groups excluding carboxylic acids is 1. The Morgan fingerprint density at radius 3 is 2.85 bits per heavy atom. The summed E-state index contributed by atoms with van der Waals surface area (Å²) in [5.74, 6) is 0.959. The van der Waals surface area contributed by atoms with Crippen molar-refractivity contribution in [1.29, 1.82) is 0 Å². The van der Waals surface area contributed by atoms with Crippen LogP contribution in [0.1, 0.15) is 23.2 Å². The molecule has 1 aromatic rings. The SMILES string of the molecule is COC(=O)c1cc(NC2CN3CCC2CC3)ncc1N. The van der Waals surface area contributed by atoms with E-state index in [1.807, 2.05) is 0 Å². The molecule has 3 N–H and O–H groups in total. The molecule has 3 fully saturated rings. The second-order valence-corrected chi connectivity index (χ2v) is 5.54. The van der Waals surface area contributed by atoms with Gasteiger partial charge in [-0.2, -0.15) is 0 Å². The number of hydrogen-bond donors (Lipinski definition) is 2. The minimum atomic E-state index is -0.429. The lowest BCUT2D eigenvalue weighted by Gasteiger charge is -2.45. The number of nitrogen functional groups attached to an aromatic ring is 1. The van der Waals surface area contributed by atoms with Crippen LogP contribution in [0.15, 0.2) is 12.3 Å². The molecule has 3 aliphatic rings. The Morgan fingerprint density at radius 1 is 1.50 bits per heavy atom. The molecule has 1 aromatic heterocycles. The van der Waals surface area contributed by atoms with Crippen LogP contribution in [0.3, 0.4) is 0 Å². The zero-order chi connectivity index (χ0) is 14.1. The third-order valence-corrected chi connectivity index (χ3v) is 4.33. The number of methoxy groups -OCH3 is 1. The Hall–Kier alpha value is -1.82. The quantitative estimate of drug-likeness (QED) is 0.800. The van der Waals surface area contributed by atoms with Gasteiger partial charge in [-0.3, -0.25) is 0 Å². The fraction of sp³-hybridized carbons (Fsp3) is 0.571. The average molecular weight is 276 g/mol. The van der Waals surface area contributed by atoms with E-state index in [0.717, 1.165) is 6.54 Å². The lowest BCUT2D eigenvalue weighted by atomic mass is 9.84. The molecule has 0 saturated carbocycles. The summed E-state index contributed by atoms with van der Waals surface area (Å²) >= 11 is 0. The first-order valence-electron chi connectivity index (χ1n) is 7.00. The number of fused-ring (bicyclic) bond motifs is 3. The highest BCUT2D eigenvalue weighted by molar-refractivity contribution is 5.95. The summed E-state index contributed by atoms with van der Waals surface area (Å²) in [5.41, 5.74) is 6.47. The number of ether oxygens (including phenoxy) is 1. The number of piperidine rings is 3. The minimum absolute atomic E-state index is 0.344. The van der Waals surface area contributed by atoms with Gasteiger partial charge in [-0.05, 0) is 37.9 Å². The number of esters is 1. The molecule has 3 aliphatic heterocycles. The number of nitrogens with one attached hydrogen (secondary N) is 1. The Kier molecular flexibility index (Phi) is 3.48. The van der Waals surface area contributed by atoms with E-state index < -0.39 is 5.97 Å². The number of nitrogens with two attached hydrogens (primary N) is 1. The summed E-state index contributed by atoms with van der Waals surface area (Å²) < 4.78 is 4.73. The summed E-state index contributed by atoms with van der Waals surface area (Å²) in [7, 11) is 1.35. The molecule has 6 nitrogen and oxygen atoms in total. The summed E-state index contributed by atoms with van der Waals surface area (Å²) in [6.07, 6.45) is 3.98. The third-order valence-electron chi connectivity index (χ3n) is 4.33. The van der Waals surface area contributed by atoms with Crippen molar-refractivity contribution in [2.45, 2.75) is 18.9 Å². The number of nitrogens with zero attached hydrogens (tertiary/aromatic N) is 2. The second-order valence-electron chi connectivity index (χ2n) is 5.54. The van der Waals surface area contributed by atoms with E-state index in [1.54, 1.807) is 6.07 Å². The summed E-state index contributed by atoms with van der Waals surface area (Å²) in [6, 6.07) is 2.08. The van der Waals surface area contributed by atoms with Crippen molar-refractivity contribution in [2.24, 2.45) is 5.92 Å². The van der Waals surface area contributed by atoms with Gasteiger partial charge in [0, 0.05) is 12.6 Å². The van der Waals surface area contributed by atoms with Crippen LogP contribution in [0.4, 0.5) is 11.5 Å². The highest BCUT2D eigenvalue weighted by Gasteiger charge is 2.34. The first kappa shape index (κ1) is 13.2. The van der Waals surface area contributed by atoms with Crippen molar-refractivity contribution in [3.05, 3.63) is 17.8 Å². The number of rotatable bonds is 3. The molecular weight excluding hydrogens is 256 g/mol. The maximum atomic E-state index is 11.6. The van der Waals surface area contributed by atoms with E-state index in [1.165, 1.54) is 39.2 Å². The molecule has 1 unspecified atom stereocenters. The first-order valence-corrected chi connectivity index (χ1v) is 7.00. The average Bonchev–Trinajstić information content (AvgIpc) is 2.49. The lowest BCUT2D eigenvalue weighted by Crippen LogP contribution is -2.53. The molecule has 4 heterocycles. The number of pyridine rings is 1. The number of carbonyl (C=O) groups is 1. The van der Waals surface area contributed by atoms with Crippen LogP contribution in [0, 0.1) is 5.92 Å². The van der Waals surface area contributed by atoms with Gasteiger partial charge in [0.25, 0.3) is 0 Å². The Balaban J connectivity index is 1.76. The van der Waals surface area contributed by atoms with Gasteiger partial charge < -0.3 is 20.7 Å². The molecule has 1 atom stereocenters. The number of anilines is 2. The first-order chi connectivity index (χ1) is 9.67. The standard InChI is InChI=1S/C14H20N4O2/c1-20-14(19)10-6-13(16-7-11(10)15)17-12-8-18-4-2-9(12)3-5-18/h6-7,9,12H,2-5,8,15H2,1H3,(H,16,17). The summed E-state index contributed by atoms with van der Waals surface area (Å²) in [6.45, 7) is 3.45. The van der Waals surface area contributed by atoms with Gasteiger partial charge in [0.1, 0.15) is 5.82 Å². The van der Waals surface area contributed by atoms with Crippen molar-refractivity contribution in [3.63, 3.8) is 0 Å². The number of aromatic nitrogens is 1. The van der Waals surface area contributed by atoms with E-state index in [9.17, 15) is 4.79 Å². The fourth-order valence-corrected chi connectivity index (χ4v) is 3.15.